The van der Waals surface area contributed by atoms with E-state index < -0.39 is 5.41 Å². The molecule has 1 fully saturated rings. The molecule has 0 bridgehead atoms. The number of benzene rings is 2. The number of H-pyrrole nitrogens is 1. The van der Waals surface area contributed by atoms with Crippen molar-refractivity contribution in [1.82, 2.24) is 4.98 Å². The molecule has 2 aliphatic heterocycles. The topological polar surface area (TPSA) is 54.1 Å². The Bertz CT molecular complexity index is 951. The van der Waals surface area contributed by atoms with Crippen LogP contribution in [-0.4, -0.2) is 24.1 Å². The highest BCUT2D eigenvalue weighted by Crippen LogP contribution is 2.46. The molecule has 4 heteroatoms. The molecule has 1 saturated heterocycles. The van der Waals surface area contributed by atoms with Crippen molar-refractivity contribution in [3.05, 3.63) is 54.2 Å². The molecular weight excluding hydrogens is 300 g/mol. The standard InChI is InChI=1S/C20H18N2O2/c23-19-20(7-10-24-11-8-20)16-5-4-14(12-17(16)22-19)15-3-1-2-13-6-9-21-18(13)15/h1-6,9,12,21H,7-8,10-11H2,(H,22,23). The lowest BCUT2D eigenvalue weighted by molar-refractivity contribution is -0.124. The Morgan fingerprint density at radius 3 is 2.79 bits per heavy atom. The molecule has 1 amide bonds. The number of aromatic nitrogens is 1. The summed E-state index contributed by atoms with van der Waals surface area (Å²) < 4.78 is 5.47. The number of hydrogen-bond acceptors (Lipinski definition) is 2. The van der Waals surface area contributed by atoms with E-state index in [1.54, 1.807) is 0 Å². The summed E-state index contributed by atoms with van der Waals surface area (Å²) in [6, 6.07) is 14.7. The van der Waals surface area contributed by atoms with Crippen LogP contribution in [0.25, 0.3) is 22.0 Å². The van der Waals surface area contributed by atoms with Crippen molar-refractivity contribution in [2.45, 2.75) is 18.3 Å². The van der Waals surface area contributed by atoms with E-state index >= 15 is 0 Å². The van der Waals surface area contributed by atoms with Crippen LogP contribution in [0, 0.1) is 0 Å². The molecule has 120 valence electrons. The first-order valence-electron chi connectivity index (χ1n) is 8.38. The predicted octanol–water partition coefficient (Wildman–Crippen LogP) is 3.84. The van der Waals surface area contributed by atoms with Gasteiger partial charge >= 0.3 is 0 Å². The Morgan fingerprint density at radius 1 is 1.04 bits per heavy atom. The minimum Gasteiger partial charge on any atom is -0.381 e. The molecule has 1 spiro atoms. The van der Waals surface area contributed by atoms with Gasteiger partial charge < -0.3 is 15.0 Å². The monoisotopic (exact) mass is 318 g/mol. The Hall–Kier alpha value is -2.59. The molecule has 0 aliphatic carbocycles. The van der Waals surface area contributed by atoms with E-state index in [9.17, 15) is 4.79 Å². The lowest BCUT2D eigenvalue weighted by Gasteiger charge is -2.31. The predicted molar refractivity (Wildman–Crippen MR) is 94.1 cm³/mol. The summed E-state index contributed by atoms with van der Waals surface area (Å²) in [7, 11) is 0. The Morgan fingerprint density at radius 2 is 1.92 bits per heavy atom. The zero-order valence-corrected chi connectivity index (χ0v) is 13.3. The average molecular weight is 318 g/mol. The maximum Gasteiger partial charge on any atom is 0.235 e. The van der Waals surface area contributed by atoms with E-state index in [0.29, 0.717) is 13.2 Å². The van der Waals surface area contributed by atoms with Crippen molar-refractivity contribution in [3.8, 4) is 11.1 Å². The third kappa shape index (κ3) is 1.80. The van der Waals surface area contributed by atoms with E-state index in [1.165, 1.54) is 5.39 Å². The summed E-state index contributed by atoms with van der Waals surface area (Å²) in [6.07, 6.45) is 3.48. The number of ether oxygens (including phenoxy) is 1. The molecule has 3 heterocycles. The fraction of sp³-hybridized carbons (Fsp3) is 0.250. The highest BCUT2D eigenvalue weighted by Gasteiger charge is 2.47. The van der Waals surface area contributed by atoms with Gasteiger partial charge in [-0.3, -0.25) is 4.79 Å². The van der Waals surface area contributed by atoms with Gasteiger partial charge in [0, 0.05) is 30.7 Å². The van der Waals surface area contributed by atoms with Gasteiger partial charge in [-0.05, 0) is 41.5 Å². The van der Waals surface area contributed by atoms with Gasteiger partial charge in [0.15, 0.2) is 0 Å². The van der Waals surface area contributed by atoms with Crippen LogP contribution in [0.15, 0.2) is 48.7 Å². The van der Waals surface area contributed by atoms with E-state index in [0.717, 1.165) is 40.7 Å². The lowest BCUT2D eigenvalue weighted by atomic mass is 9.75. The second-order valence-corrected chi connectivity index (χ2v) is 6.66. The molecule has 2 aromatic carbocycles. The number of amides is 1. The van der Waals surface area contributed by atoms with Crippen LogP contribution in [0.1, 0.15) is 18.4 Å². The fourth-order valence-corrected chi connectivity index (χ4v) is 4.14. The van der Waals surface area contributed by atoms with Gasteiger partial charge in [0.1, 0.15) is 0 Å². The molecule has 0 unspecified atom stereocenters. The summed E-state index contributed by atoms with van der Waals surface area (Å²) >= 11 is 0. The van der Waals surface area contributed by atoms with E-state index in [-0.39, 0.29) is 5.91 Å². The molecule has 5 rings (SSSR count). The fourth-order valence-electron chi connectivity index (χ4n) is 4.14. The number of fused-ring (bicyclic) bond motifs is 3. The molecule has 2 N–H and O–H groups in total. The Balaban J connectivity index is 1.64. The van der Waals surface area contributed by atoms with Crippen LogP contribution in [0.5, 0.6) is 0 Å². The Labute approximate surface area is 139 Å². The number of carbonyl (C=O) groups excluding carboxylic acids is 1. The molecule has 0 atom stereocenters. The molecule has 0 radical (unpaired) electrons. The van der Waals surface area contributed by atoms with Crippen LogP contribution in [0.4, 0.5) is 5.69 Å². The maximum atomic E-state index is 12.7. The van der Waals surface area contributed by atoms with Crippen LogP contribution in [0.3, 0.4) is 0 Å². The van der Waals surface area contributed by atoms with Crippen molar-refractivity contribution in [1.29, 1.82) is 0 Å². The highest BCUT2D eigenvalue weighted by molar-refractivity contribution is 6.07. The van der Waals surface area contributed by atoms with Crippen molar-refractivity contribution < 1.29 is 9.53 Å². The second kappa shape index (κ2) is 4.95. The molecular formula is C20H18N2O2. The van der Waals surface area contributed by atoms with Gasteiger partial charge in [0.05, 0.1) is 10.9 Å². The lowest BCUT2D eigenvalue weighted by Crippen LogP contribution is -2.39. The molecule has 1 aromatic heterocycles. The van der Waals surface area contributed by atoms with E-state index in [1.807, 2.05) is 6.20 Å². The first-order chi connectivity index (χ1) is 11.8. The number of nitrogens with one attached hydrogen (secondary N) is 2. The van der Waals surface area contributed by atoms with E-state index in [2.05, 4.69) is 52.8 Å². The minimum absolute atomic E-state index is 0.121. The van der Waals surface area contributed by atoms with Gasteiger partial charge in [-0.25, -0.2) is 0 Å². The number of hydrogen-bond donors (Lipinski definition) is 2. The SMILES string of the molecule is O=C1Nc2cc(-c3cccc4cc[nH]c34)ccc2C12CCOCC2. The second-order valence-electron chi connectivity index (χ2n) is 6.66. The van der Waals surface area contributed by atoms with Gasteiger partial charge in [-0.1, -0.05) is 30.3 Å². The number of carbonyl (C=O) groups is 1. The molecule has 4 nitrogen and oxygen atoms in total. The smallest absolute Gasteiger partial charge is 0.235 e. The quantitative estimate of drug-likeness (QED) is 0.716. The summed E-state index contributed by atoms with van der Waals surface area (Å²) in [5.41, 5.74) is 5.07. The van der Waals surface area contributed by atoms with Gasteiger partial charge in [-0.15, -0.1) is 0 Å². The third-order valence-electron chi connectivity index (χ3n) is 5.46. The molecule has 0 saturated carbocycles. The van der Waals surface area contributed by atoms with Crippen LogP contribution >= 0.6 is 0 Å². The van der Waals surface area contributed by atoms with Crippen molar-refractivity contribution in [2.75, 3.05) is 18.5 Å². The van der Waals surface area contributed by atoms with Gasteiger partial charge in [0.2, 0.25) is 5.91 Å². The van der Waals surface area contributed by atoms with Crippen LogP contribution in [0.2, 0.25) is 0 Å². The zero-order chi connectivity index (χ0) is 16.1. The average Bonchev–Trinajstić information content (AvgIpc) is 3.19. The number of anilines is 1. The normalized spacial score (nSPS) is 18.8. The summed E-state index contributed by atoms with van der Waals surface area (Å²) in [6.45, 7) is 1.30. The van der Waals surface area contributed by atoms with E-state index in [4.69, 9.17) is 4.74 Å². The largest absolute Gasteiger partial charge is 0.381 e. The number of rotatable bonds is 1. The van der Waals surface area contributed by atoms with Gasteiger partial charge in [0.25, 0.3) is 0 Å². The van der Waals surface area contributed by atoms with Crippen molar-refractivity contribution in [3.63, 3.8) is 0 Å². The number of para-hydroxylation sites is 1. The summed E-state index contributed by atoms with van der Waals surface area (Å²) in [5, 5.41) is 4.30. The van der Waals surface area contributed by atoms with Crippen LogP contribution < -0.4 is 5.32 Å². The maximum absolute atomic E-state index is 12.7. The first kappa shape index (κ1) is 13.8. The first-order valence-corrected chi connectivity index (χ1v) is 8.38. The van der Waals surface area contributed by atoms with Gasteiger partial charge in [-0.2, -0.15) is 0 Å². The highest BCUT2D eigenvalue weighted by atomic mass is 16.5. The van der Waals surface area contributed by atoms with Crippen molar-refractivity contribution >= 4 is 22.5 Å². The zero-order valence-electron chi connectivity index (χ0n) is 13.3. The van der Waals surface area contributed by atoms with Crippen molar-refractivity contribution in [2.24, 2.45) is 0 Å². The summed E-state index contributed by atoms with van der Waals surface area (Å²) in [5.74, 6) is 0.121. The minimum atomic E-state index is -0.398. The molecule has 3 aromatic rings. The molecule has 2 aliphatic rings. The Kier molecular flexibility index (Phi) is 2.85. The number of aromatic amines is 1. The molecule has 24 heavy (non-hydrogen) atoms. The van der Waals surface area contributed by atoms with Crippen LogP contribution in [-0.2, 0) is 14.9 Å². The summed E-state index contributed by atoms with van der Waals surface area (Å²) in [4.78, 5) is 16.0. The third-order valence-corrected chi connectivity index (χ3v) is 5.46.